The summed E-state index contributed by atoms with van der Waals surface area (Å²) >= 11 is 18.3. The number of carbonyl (C=O) groups is 1. The van der Waals surface area contributed by atoms with Crippen LogP contribution in [0.3, 0.4) is 0 Å². The maximum Gasteiger partial charge on any atom is 0.341 e. The van der Waals surface area contributed by atoms with E-state index in [1.807, 2.05) is 13.8 Å². The Kier molecular flexibility index (Phi) is 5.84. The van der Waals surface area contributed by atoms with Gasteiger partial charge >= 0.3 is 5.97 Å². The highest BCUT2D eigenvalue weighted by Crippen LogP contribution is 2.31. The van der Waals surface area contributed by atoms with Gasteiger partial charge in [0.2, 0.25) is 0 Å². The second-order valence-electron chi connectivity index (χ2n) is 6.17. The summed E-state index contributed by atoms with van der Waals surface area (Å²) in [6.07, 6.45) is 0. The first-order chi connectivity index (χ1) is 13.2. The van der Waals surface area contributed by atoms with Gasteiger partial charge < -0.3 is 9.67 Å². The molecule has 0 saturated heterocycles. The number of pyridine rings is 1. The zero-order valence-electron chi connectivity index (χ0n) is 15.0. The number of benzene rings is 1. The average molecular weight is 441 g/mol. The standard InChI is InChI=1S/C19H16Cl3N3O3/c1-3-24-12(9-25-16(22)6-10(2)23-25)8-15(26)17(19(27)28)18(24)11-4-5-13(20)14(21)7-11/h4-8H,3,9H2,1-2H3,(H,27,28). The molecule has 0 amide bonds. The van der Waals surface area contributed by atoms with Crippen LogP contribution >= 0.6 is 34.8 Å². The topological polar surface area (TPSA) is 77.1 Å². The van der Waals surface area contributed by atoms with Crippen LogP contribution in [-0.4, -0.2) is 25.4 Å². The summed E-state index contributed by atoms with van der Waals surface area (Å²) in [5, 5.41) is 15.0. The van der Waals surface area contributed by atoms with Gasteiger partial charge in [0.15, 0.2) is 5.43 Å². The number of hydrogen-bond donors (Lipinski definition) is 1. The minimum Gasteiger partial charge on any atom is -0.477 e. The Labute approximate surface area is 175 Å². The van der Waals surface area contributed by atoms with E-state index in [2.05, 4.69) is 5.10 Å². The maximum absolute atomic E-state index is 12.7. The van der Waals surface area contributed by atoms with Crippen LogP contribution in [0.25, 0.3) is 11.3 Å². The molecule has 6 nitrogen and oxygen atoms in total. The summed E-state index contributed by atoms with van der Waals surface area (Å²) in [7, 11) is 0. The van der Waals surface area contributed by atoms with E-state index >= 15 is 0 Å². The summed E-state index contributed by atoms with van der Waals surface area (Å²) in [6, 6.07) is 7.76. The van der Waals surface area contributed by atoms with Gasteiger partial charge in [-0.25, -0.2) is 9.48 Å². The third kappa shape index (κ3) is 3.81. The number of nitrogens with zero attached hydrogens (tertiary/aromatic N) is 3. The van der Waals surface area contributed by atoms with Crippen LogP contribution in [0.4, 0.5) is 0 Å². The molecule has 0 aliphatic carbocycles. The lowest BCUT2D eigenvalue weighted by Crippen LogP contribution is -2.24. The van der Waals surface area contributed by atoms with E-state index in [0.717, 1.165) is 5.69 Å². The molecular formula is C19H16Cl3N3O3. The lowest BCUT2D eigenvalue weighted by Gasteiger charge is -2.20. The predicted octanol–water partition coefficient (Wildman–Crippen LogP) is 4.75. The van der Waals surface area contributed by atoms with Gasteiger partial charge in [-0.2, -0.15) is 5.10 Å². The smallest absolute Gasteiger partial charge is 0.341 e. The quantitative estimate of drug-likeness (QED) is 0.621. The van der Waals surface area contributed by atoms with Crippen LogP contribution < -0.4 is 5.43 Å². The van der Waals surface area contributed by atoms with E-state index in [4.69, 9.17) is 34.8 Å². The molecule has 2 aromatic heterocycles. The van der Waals surface area contributed by atoms with Crippen LogP contribution in [0.15, 0.2) is 35.1 Å². The van der Waals surface area contributed by atoms with Gasteiger partial charge in [-0.05, 0) is 32.0 Å². The molecule has 3 rings (SSSR count). The van der Waals surface area contributed by atoms with Crippen molar-refractivity contribution in [3.8, 4) is 11.3 Å². The first-order valence-corrected chi connectivity index (χ1v) is 9.51. The first-order valence-electron chi connectivity index (χ1n) is 8.38. The second-order valence-corrected chi connectivity index (χ2v) is 7.37. The molecule has 0 saturated carbocycles. The highest BCUT2D eigenvalue weighted by atomic mass is 35.5. The fourth-order valence-electron chi connectivity index (χ4n) is 3.12. The van der Waals surface area contributed by atoms with E-state index < -0.39 is 11.4 Å². The van der Waals surface area contributed by atoms with Crippen molar-refractivity contribution in [3.63, 3.8) is 0 Å². The molecule has 0 bridgehead atoms. The molecule has 0 atom stereocenters. The molecule has 0 spiro atoms. The molecule has 146 valence electrons. The molecule has 28 heavy (non-hydrogen) atoms. The largest absolute Gasteiger partial charge is 0.477 e. The first kappa shape index (κ1) is 20.5. The fraction of sp³-hybridized carbons (Fsp3) is 0.211. The van der Waals surface area contributed by atoms with Crippen molar-refractivity contribution in [1.82, 2.24) is 14.3 Å². The maximum atomic E-state index is 12.7. The van der Waals surface area contributed by atoms with E-state index in [-0.39, 0.29) is 22.8 Å². The molecular weight excluding hydrogens is 425 g/mol. The number of carboxylic acids is 1. The number of rotatable bonds is 5. The number of halogens is 3. The third-order valence-corrected chi connectivity index (χ3v) is 5.33. The van der Waals surface area contributed by atoms with E-state index in [0.29, 0.717) is 28.0 Å². The number of aromatic carboxylic acids is 1. The molecule has 1 N–H and O–H groups in total. The summed E-state index contributed by atoms with van der Waals surface area (Å²) in [5.74, 6) is -1.31. The Morgan fingerprint density at radius 1 is 1.14 bits per heavy atom. The van der Waals surface area contributed by atoms with Crippen LogP contribution in [0.1, 0.15) is 28.7 Å². The van der Waals surface area contributed by atoms with Gasteiger partial charge in [-0.15, -0.1) is 0 Å². The molecule has 9 heteroatoms. The van der Waals surface area contributed by atoms with Crippen molar-refractivity contribution in [1.29, 1.82) is 0 Å². The van der Waals surface area contributed by atoms with Crippen LogP contribution in [0.2, 0.25) is 15.2 Å². The molecule has 1 aromatic carbocycles. The fourth-order valence-corrected chi connectivity index (χ4v) is 3.67. The molecule has 0 unspecified atom stereocenters. The molecule has 0 fully saturated rings. The predicted molar refractivity (Wildman–Crippen MR) is 110 cm³/mol. The van der Waals surface area contributed by atoms with Crippen LogP contribution in [0, 0.1) is 6.92 Å². The van der Waals surface area contributed by atoms with Gasteiger partial charge in [-0.3, -0.25) is 4.79 Å². The Balaban J connectivity index is 2.30. The lowest BCUT2D eigenvalue weighted by atomic mass is 10.0. The van der Waals surface area contributed by atoms with Gasteiger partial charge in [0.1, 0.15) is 10.7 Å². The number of aromatic nitrogens is 3. The summed E-state index contributed by atoms with van der Waals surface area (Å²) in [5.41, 5.74) is 1.12. The van der Waals surface area contributed by atoms with Gasteiger partial charge in [0.25, 0.3) is 0 Å². The Morgan fingerprint density at radius 3 is 2.39 bits per heavy atom. The SMILES string of the molecule is CCn1c(Cn2nc(C)cc2Cl)cc(=O)c(C(=O)O)c1-c1ccc(Cl)c(Cl)c1. The summed E-state index contributed by atoms with van der Waals surface area (Å²) < 4.78 is 3.30. The van der Waals surface area contributed by atoms with E-state index in [9.17, 15) is 14.7 Å². The van der Waals surface area contributed by atoms with Crippen LogP contribution in [-0.2, 0) is 13.1 Å². The lowest BCUT2D eigenvalue weighted by molar-refractivity contribution is 0.0695. The molecule has 0 aliphatic heterocycles. The molecule has 0 aliphatic rings. The van der Waals surface area contributed by atoms with Gasteiger partial charge in [-0.1, -0.05) is 40.9 Å². The van der Waals surface area contributed by atoms with Crippen molar-refractivity contribution in [3.05, 3.63) is 72.7 Å². The highest BCUT2D eigenvalue weighted by Gasteiger charge is 2.22. The second kappa shape index (κ2) is 7.99. The Bertz CT molecular complexity index is 1140. The van der Waals surface area contributed by atoms with Gasteiger partial charge in [0, 0.05) is 23.9 Å². The minimum absolute atomic E-state index is 0.212. The van der Waals surface area contributed by atoms with Crippen molar-refractivity contribution in [2.45, 2.75) is 26.9 Å². The highest BCUT2D eigenvalue weighted by molar-refractivity contribution is 6.42. The zero-order valence-corrected chi connectivity index (χ0v) is 17.3. The molecule has 0 radical (unpaired) electrons. The van der Waals surface area contributed by atoms with Crippen LogP contribution in [0.5, 0.6) is 0 Å². The summed E-state index contributed by atoms with van der Waals surface area (Å²) in [4.78, 5) is 24.5. The van der Waals surface area contributed by atoms with Crippen molar-refractivity contribution >= 4 is 40.8 Å². The van der Waals surface area contributed by atoms with Crippen molar-refractivity contribution < 1.29 is 9.90 Å². The minimum atomic E-state index is -1.31. The number of aryl methyl sites for hydroxylation is 1. The van der Waals surface area contributed by atoms with Crippen molar-refractivity contribution in [2.24, 2.45) is 0 Å². The molecule has 3 aromatic rings. The van der Waals surface area contributed by atoms with Gasteiger partial charge in [0.05, 0.1) is 28.0 Å². The Hall–Kier alpha value is -2.28. The normalized spacial score (nSPS) is 11.0. The summed E-state index contributed by atoms with van der Waals surface area (Å²) in [6.45, 7) is 4.30. The third-order valence-electron chi connectivity index (χ3n) is 4.29. The average Bonchev–Trinajstić information content (AvgIpc) is 2.93. The monoisotopic (exact) mass is 439 g/mol. The van der Waals surface area contributed by atoms with Crippen molar-refractivity contribution in [2.75, 3.05) is 0 Å². The van der Waals surface area contributed by atoms with E-state index in [1.165, 1.54) is 6.07 Å². The van der Waals surface area contributed by atoms with E-state index in [1.54, 1.807) is 33.5 Å². The number of carboxylic acid groups (broad SMARTS) is 1. The Morgan fingerprint density at radius 2 is 1.86 bits per heavy atom. The zero-order chi connectivity index (χ0) is 20.6. The number of hydrogen-bond acceptors (Lipinski definition) is 3. The molecule has 2 heterocycles.